The Morgan fingerprint density at radius 2 is 2.08 bits per heavy atom. The summed E-state index contributed by atoms with van der Waals surface area (Å²) in [5.41, 5.74) is 0.157. The highest BCUT2D eigenvalue weighted by Gasteiger charge is 2.24. The minimum absolute atomic E-state index is 0.0364. The van der Waals surface area contributed by atoms with Crippen LogP contribution in [0.1, 0.15) is 5.69 Å². The SMILES string of the molecule is Cn1nc(CCl)c(S(=O)(=O)Cl)c1Cl. The van der Waals surface area contributed by atoms with E-state index in [0.29, 0.717) is 0 Å². The molecule has 0 bridgehead atoms. The van der Waals surface area contributed by atoms with Gasteiger partial charge in [0.1, 0.15) is 10.0 Å². The second kappa shape index (κ2) is 3.65. The van der Waals surface area contributed by atoms with E-state index in [1.165, 1.54) is 11.7 Å². The molecule has 1 aromatic heterocycles. The van der Waals surface area contributed by atoms with Crippen LogP contribution in [0.25, 0.3) is 0 Å². The Balaban J connectivity index is 3.51. The molecule has 0 fully saturated rings. The molecule has 4 nitrogen and oxygen atoms in total. The molecule has 0 aliphatic rings. The van der Waals surface area contributed by atoms with Crippen molar-refractivity contribution in [2.24, 2.45) is 7.05 Å². The van der Waals surface area contributed by atoms with Gasteiger partial charge in [-0.2, -0.15) is 5.10 Å². The largest absolute Gasteiger partial charge is 0.266 e. The van der Waals surface area contributed by atoms with Crippen LogP contribution < -0.4 is 0 Å². The van der Waals surface area contributed by atoms with E-state index in [9.17, 15) is 8.42 Å². The molecule has 13 heavy (non-hydrogen) atoms. The Labute approximate surface area is 89.8 Å². The van der Waals surface area contributed by atoms with E-state index in [4.69, 9.17) is 33.9 Å². The molecular formula is C5H5Cl3N2O2S. The van der Waals surface area contributed by atoms with Gasteiger partial charge in [-0.15, -0.1) is 11.6 Å². The fraction of sp³-hybridized carbons (Fsp3) is 0.400. The summed E-state index contributed by atoms with van der Waals surface area (Å²) in [5, 5.41) is 3.75. The predicted molar refractivity (Wildman–Crippen MR) is 50.8 cm³/mol. The molecule has 0 aromatic carbocycles. The second-order valence-electron chi connectivity index (χ2n) is 2.26. The van der Waals surface area contributed by atoms with Crippen molar-refractivity contribution in [1.82, 2.24) is 9.78 Å². The van der Waals surface area contributed by atoms with Gasteiger partial charge in [0.05, 0.1) is 11.6 Å². The van der Waals surface area contributed by atoms with Crippen molar-refractivity contribution >= 4 is 42.9 Å². The van der Waals surface area contributed by atoms with Crippen LogP contribution in [0.3, 0.4) is 0 Å². The summed E-state index contributed by atoms with van der Waals surface area (Å²) in [6.07, 6.45) is 0. The molecule has 1 aromatic rings. The molecule has 1 rings (SSSR count). The molecule has 0 saturated heterocycles. The topological polar surface area (TPSA) is 52.0 Å². The number of hydrogen-bond acceptors (Lipinski definition) is 3. The van der Waals surface area contributed by atoms with Crippen LogP contribution in [0.4, 0.5) is 0 Å². The highest BCUT2D eigenvalue weighted by Crippen LogP contribution is 2.28. The van der Waals surface area contributed by atoms with Crippen molar-refractivity contribution in [2.45, 2.75) is 10.8 Å². The predicted octanol–water partition coefficient (Wildman–Crippen LogP) is 1.74. The molecule has 74 valence electrons. The lowest BCUT2D eigenvalue weighted by Crippen LogP contribution is -1.94. The van der Waals surface area contributed by atoms with E-state index >= 15 is 0 Å². The molecule has 0 spiro atoms. The first-order chi connectivity index (χ1) is 5.88. The molecule has 0 unspecified atom stereocenters. The minimum Gasteiger partial charge on any atom is -0.255 e. The van der Waals surface area contributed by atoms with Crippen LogP contribution in [0.15, 0.2) is 4.90 Å². The Morgan fingerprint density at radius 3 is 2.38 bits per heavy atom. The van der Waals surface area contributed by atoms with E-state index in [0.717, 1.165) is 0 Å². The zero-order chi connectivity index (χ0) is 10.2. The summed E-state index contributed by atoms with van der Waals surface area (Å²) in [7, 11) is 2.76. The maximum Gasteiger partial charge on any atom is 0.266 e. The summed E-state index contributed by atoms with van der Waals surface area (Å²) in [6, 6.07) is 0. The van der Waals surface area contributed by atoms with Gasteiger partial charge >= 0.3 is 0 Å². The summed E-state index contributed by atoms with van der Waals surface area (Å²) in [6.45, 7) is 0. The van der Waals surface area contributed by atoms with E-state index in [2.05, 4.69) is 5.10 Å². The fourth-order valence-corrected chi connectivity index (χ4v) is 2.92. The molecule has 0 atom stereocenters. The fourth-order valence-electron chi connectivity index (χ4n) is 0.865. The lowest BCUT2D eigenvalue weighted by atomic mass is 10.5. The van der Waals surface area contributed by atoms with Crippen LogP contribution in [-0.2, 0) is 22.0 Å². The van der Waals surface area contributed by atoms with Crippen molar-refractivity contribution < 1.29 is 8.42 Å². The van der Waals surface area contributed by atoms with Crippen molar-refractivity contribution in [3.05, 3.63) is 10.8 Å². The third-order valence-corrected chi connectivity index (χ3v) is 3.55. The number of halogens is 3. The lowest BCUT2D eigenvalue weighted by Gasteiger charge is -1.93. The van der Waals surface area contributed by atoms with E-state index in [1.807, 2.05) is 0 Å². The van der Waals surface area contributed by atoms with Gasteiger partial charge in [-0.3, -0.25) is 4.68 Å². The zero-order valence-electron chi connectivity index (χ0n) is 6.46. The average Bonchev–Trinajstić information content (AvgIpc) is 2.26. The highest BCUT2D eigenvalue weighted by molar-refractivity contribution is 8.13. The van der Waals surface area contributed by atoms with Crippen LogP contribution in [0, 0.1) is 0 Å². The minimum atomic E-state index is -3.88. The standard InChI is InChI=1S/C5H5Cl3N2O2S/c1-10-5(7)4(13(8,11)12)3(2-6)9-10/h2H2,1H3. The molecule has 8 heteroatoms. The number of hydrogen-bond donors (Lipinski definition) is 0. The highest BCUT2D eigenvalue weighted by atomic mass is 35.7. The number of aromatic nitrogens is 2. The average molecular weight is 264 g/mol. The normalized spacial score (nSPS) is 12.0. The van der Waals surface area contributed by atoms with Gasteiger partial charge in [0.25, 0.3) is 9.05 Å². The van der Waals surface area contributed by atoms with E-state index in [-0.39, 0.29) is 21.6 Å². The molecular weight excluding hydrogens is 258 g/mol. The molecule has 1 heterocycles. The van der Waals surface area contributed by atoms with Crippen molar-refractivity contribution in [3.63, 3.8) is 0 Å². The quantitative estimate of drug-likeness (QED) is 0.603. The number of rotatable bonds is 2. The maximum absolute atomic E-state index is 11.0. The number of nitrogens with zero attached hydrogens (tertiary/aromatic N) is 2. The maximum atomic E-state index is 11.0. The Hall–Kier alpha value is 0.0300. The Morgan fingerprint density at radius 1 is 1.54 bits per heavy atom. The third kappa shape index (κ3) is 2.10. The van der Waals surface area contributed by atoms with Crippen molar-refractivity contribution in [3.8, 4) is 0 Å². The summed E-state index contributed by atoms with van der Waals surface area (Å²) in [4.78, 5) is -0.215. The molecule has 0 aliphatic heterocycles. The molecule has 0 N–H and O–H groups in total. The van der Waals surface area contributed by atoms with Gasteiger partial charge in [-0.05, 0) is 0 Å². The third-order valence-electron chi connectivity index (χ3n) is 1.37. The smallest absolute Gasteiger partial charge is 0.255 e. The number of aryl methyl sites for hydroxylation is 1. The summed E-state index contributed by atoms with van der Waals surface area (Å²) >= 11 is 11.1. The van der Waals surface area contributed by atoms with E-state index in [1.54, 1.807) is 0 Å². The van der Waals surface area contributed by atoms with Crippen molar-refractivity contribution in [1.29, 1.82) is 0 Å². The number of alkyl halides is 1. The van der Waals surface area contributed by atoms with Gasteiger partial charge < -0.3 is 0 Å². The first-order valence-electron chi connectivity index (χ1n) is 3.10. The summed E-state index contributed by atoms with van der Waals surface area (Å²) in [5.74, 6) is -0.0537. The Bertz CT molecular complexity index is 425. The van der Waals surface area contributed by atoms with Gasteiger partial charge in [0, 0.05) is 17.7 Å². The van der Waals surface area contributed by atoms with Gasteiger partial charge in [-0.25, -0.2) is 8.42 Å². The van der Waals surface area contributed by atoms with Gasteiger partial charge in [-0.1, -0.05) is 11.6 Å². The first-order valence-corrected chi connectivity index (χ1v) is 6.32. The van der Waals surface area contributed by atoms with Crippen LogP contribution >= 0.6 is 33.9 Å². The van der Waals surface area contributed by atoms with Crippen LogP contribution in [0.5, 0.6) is 0 Å². The first kappa shape index (κ1) is 11.1. The zero-order valence-corrected chi connectivity index (χ0v) is 9.54. The monoisotopic (exact) mass is 262 g/mol. The van der Waals surface area contributed by atoms with Crippen LogP contribution in [0.2, 0.25) is 5.15 Å². The van der Waals surface area contributed by atoms with Gasteiger partial charge in [0.2, 0.25) is 0 Å². The molecule has 0 saturated carbocycles. The van der Waals surface area contributed by atoms with Gasteiger partial charge in [0.15, 0.2) is 0 Å². The Kier molecular flexibility index (Phi) is 3.12. The molecule has 0 aliphatic carbocycles. The van der Waals surface area contributed by atoms with Crippen LogP contribution in [-0.4, -0.2) is 18.2 Å². The second-order valence-corrected chi connectivity index (χ2v) is 5.39. The lowest BCUT2D eigenvalue weighted by molar-refractivity contribution is 0.609. The molecule has 0 amide bonds. The molecule has 0 radical (unpaired) electrons. The van der Waals surface area contributed by atoms with E-state index < -0.39 is 9.05 Å². The summed E-state index contributed by atoms with van der Waals surface area (Å²) < 4.78 is 23.2. The van der Waals surface area contributed by atoms with Crippen molar-refractivity contribution in [2.75, 3.05) is 0 Å².